The van der Waals surface area contributed by atoms with E-state index >= 15 is 0 Å². The van der Waals surface area contributed by atoms with E-state index in [0.717, 1.165) is 19.3 Å². The van der Waals surface area contributed by atoms with E-state index in [4.69, 9.17) is 5.73 Å². The predicted molar refractivity (Wildman–Crippen MR) is 64.4 cm³/mol. The first-order chi connectivity index (χ1) is 7.66. The summed E-state index contributed by atoms with van der Waals surface area (Å²) < 4.78 is 1.41. The van der Waals surface area contributed by atoms with Crippen LogP contribution in [-0.2, 0) is 22.2 Å². The quantitative estimate of drug-likeness (QED) is 0.526. The Kier molecular flexibility index (Phi) is 22.1. The van der Waals surface area contributed by atoms with Crippen LogP contribution in [0.5, 0.6) is 0 Å². The van der Waals surface area contributed by atoms with Gasteiger partial charge in [0.05, 0.1) is 0 Å². The maximum atomic E-state index is 10.3. The molecule has 0 saturated heterocycles. The molecule has 0 saturated carbocycles. The minimum atomic E-state index is -0.170. The van der Waals surface area contributed by atoms with Gasteiger partial charge >= 0.3 is 46.4 Å². The Hall–Kier alpha value is 0.114. The van der Waals surface area contributed by atoms with E-state index in [1.807, 2.05) is 0 Å². The van der Waals surface area contributed by atoms with Crippen LogP contribution in [-0.4, -0.2) is 5.91 Å². The van der Waals surface area contributed by atoms with Crippen molar-refractivity contribution >= 4 is 5.91 Å². The van der Waals surface area contributed by atoms with Crippen LogP contribution in [0.2, 0.25) is 0 Å². The van der Waals surface area contributed by atoms with Crippen molar-refractivity contribution in [3.8, 4) is 0 Å². The van der Waals surface area contributed by atoms with Crippen LogP contribution in [0.1, 0.15) is 51.9 Å². The van der Waals surface area contributed by atoms with Crippen molar-refractivity contribution in [2.45, 2.75) is 51.9 Å². The molecule has 0 radical (unpaired) electrons. The third kappa shape index (κ3) is 18.5. The van der Waals surface area contributed by atoms with Gasteiger partial charge in [-0.3, -0.25) is 4.79 Å². The van der Waals surface area contributed by atoms with E-state index in [9.17, 15) is 4.79 Å². The van der Waals surface area contributed by atoms with Gasteiger partial charge < -0.3 is 30.5 Å². The molecule has 0 aliphatic heterocycles. The molecule has 0 heterocycles. The van der Waals surface area contributed by atoms with Gasteiger partial charge in [0.1, 0.15) is 0 Å². The average molecular weight is 330 g/mol. The number of unbranched alkanes of at least 4 members (excludes halogenated alkanes) is 4. The molecule has 104 valence electrons. The van der Waals surface area contributed by atoms with Crippen molar-refractivity contribution in [3.05, 3.63) is 22.5 Å². The molecule has 1 aliphatic carbocycles. The number of carbonyl (C=O) groups excluding carboxylic acids is 1. The Balaban J connectivity index is -0.000000244. The normalized spacial score (nSPS) is 11.4. The van der Waals surface area contributed by atoms with E-state index < -0.39 is 0 Å². The van der Waals surface area contributed by atoms with Crippen molar-refractivity contribution in [2.75, 3.05) is 0 Å². The Morgan fingerprint density at radius 2 is 1.89 bits per heavy atom. The maximum absolute atomic E-state index is 10.3. The Bertz CT molecular complexity index is 255. The minimum absolute atomic E-state index is 0. The Morgan fingerprint density at radius 3 is 2.22 bits per heavy atom. The van der Waals surface area contributed by atoms with Gasteiger partial charge in [0.25, 0.3) is 0 Å². The molecule has 18 heavy (non-hydrogen) atoms. The molecule has 0 aromatic carbocycles. The number of primary amides is 1. The third-order valence-corrected chi connectivity index (χ3v) is 2.80. The van der Waals surface area contributed by atoms with Gasteiger partial charge in [-0.05, 0) is 6.42 Å². The van der Waals surface area contributed by atoms with Crippen molar-refractivity contribution in [1.29, 1.82) is 0 Å². The molecule has 0 fully saturated rings. The zero-order chi connectivity index (χ0) is 12.2. The van der Waals surface area contributed by atoms with Gasteiger partial charge in [-0.25, -0.2) is 0 Å². The SMILES string of the molecule is CCCCCCCC(N)=O.[Cl-].[Cl-].[V+2][C]1=CC=CC1. The van der Waals surface area contributed by atoms with Crippen LogP contribution in [0.4, 0.5) is 0 Å². The summed E-state index contributed by atoms with van der Waals surface area (Å²) >= 11 is 2.54. The summed E-state index contributed by atoms with van der Waals surface area (Å²) in [5, 5.41) is 0. The first-order valence-corrected chi connectivity index (χ1v) is 6.69. The number of halogens is 2. The van der Waals surface area contributed by atoms with Crippen molar-refractivity contribution < 1.29 is 47.0 Å². The number of allylic oxidation sites excluding steroid dienone is 4. The molecule has 0 aromatic heterocycles. The number of hydrogen-bond acceptors (Lipinski definition) is 1. The van der Waals surface area contributed by atoms with Crippen molar-refractivity contribution in [2.24, 2.45) is 5.73 Å². The topological polar surface area (TPSA) is 43.1 Å². The first kappa shape index (κ1) is 23.2. The van der Waals surface area contributed by atoms with Crippen LogP contribution in [0.15, 0.2) is 22.5 Å². The molecule has 2 nitrogen and oxygen atoms in total. The molecule has 1 amide bonds. The molecule has 0 spiro atoms. The van der Waals surface area contributed by atoms with Gasteiger partial charge in [-0.1, -0.05) is 32.6 Å². The monoisotopic (exact) mass is 329 g/mol. The molecule has 1 aliphatic rings. The van der Waals surface area contributed by atoms with Crippen LogP contribution >= 0.6 is 0 Å². The van der Waals surface area contributed by atoms with Gasteiger partial charge in [0.15, 0.2) is 0 Å². The zero-order valence-electron chi connectivity index (χ0n) is 10.9. The van der Waals surface area contributed by atoms with Gasteiger partial charge in [0.2, 0.25) is 5.91 Å². The molecule has 2 N–H and O–H groups in total. The molecule has 5 heteroatoms. The standard InChI is InChI=1S/C8H17NO.C5H5.2ClH.V/c1-2-3-4-5-6-7-8(9)10;1-2-4-5-3-1;;;/h2-7H2,1H3,(H2,9,10);1-3H,4H2;2*1H;/q;;;;+2/p-2. The second-order valence-electron chi connectivity index (χ2n) is 3.92. The number of hydrogen-bond donors (Lipinski definition) is 1. The fourth-order valence-corrected chi connectivity index (χ4v) is 1.64. The fraction of sp³-hybridized carbons (Fsp3) is 0.615. The van der Waals surface area contributed by atoms with Crippen LogP contribution in [0.25, 0.3) is 0 Å². The molecule has 1 rings (SSSR count). The number of rotatable bonds is 6. The summed E-state index contributed by atoms with van der Waals surface area (Å²) in [4.78, 5) is 10.3. The average Bonchev–Trinajstić information content (AvgIpc) is 2.69. The van der Waals surface area contributed by atoms with Crippen LogP contribution in [0, 0.1) is 0 Å². The molecule has 0 atom stereocenters. The van der Waals surface area contributed by atoms with E-state index in [-0.39, 0.29) is 30.7 Å². The van der Waals surface area contributed by atoms with E-state index in [1.165, 1.54) is 23.5 Å². The van der Waals surface area contributed by atoms with Crippen molar-refractivity contribution in [3.63, 3.8) is 0 Å². The molecular weight excluding hydrogens is 308 g/mol. The van der Waals surface area contributed by atoms with E-state index in [0.29, 0.717) is 6.42 Å². The number of nitrogens with two attached hydrogens (primary N) is 1. The van der Waals surface area contributed by atoms with Crippen LogP contribution in [0.3, 0.4) is 0 Å². The summed E-state index contributed by atoms with van der Waals surface area (Å²) in [5.74, 6) is -0.170. The summed E-state index contributed by atoms with van der Waals surface area (Å²) in [7, 11) is 0. The molecular formula is C13H22Cl2NOV. The zero-order valence-corrected chi connectivity index (χ0v) is 13.8. The predicted octanol–water partition coefficient (Wildman–Crippen LogP) is -2.78. The summed E-state index contributed by atoms with van der Waals surface area (Å²) in [6.45, 7) is 2.17. The van der Waals surface area contributed by atoms with E-state index in [2.05, 4.69) is 42.6 Å². The fourth-order valence-electron chi connectivity index (χ4n) is 1.34. The molecule has 0 bridgehead atoms. The van der Waals surface area contributed by atoms with E-state index in [1.54, 1.807) is 0 Å². The third-order valence-electron chi connectivity index (χ3n) is 2.28. The van der Waals surface area contributed by atoms with Crippen LogP contribution < -0.4 is 30.5 Å². The molecule has 0 unspecified atom stereocenters. The molecule has 0 aromatic rings. The number of amides is 1. The Labute approximate surface area is 133 Å². The second kappa shape index (κ2) is 17.1. The Morgan fingerprint density at radius 1 is 1.28 bits per heavy atom. The van der Waals surface area contributed by atoms with Gasteiger partial charge in [0, 0.05) is 6.42 Å². The second-order valence-corrected chi connectivity index (χ2v) is 4.82. The summed E-state index contributed by atoms with van der Waals surface area (Å²) in [5.41, 5.74) is 4.97. The first-order valence-electron chi connectivity index (χ1n) is 5.99. The number of carbonyl (C=O) groups is 1. The summed E-state index contributed by atoms with van der Waals surface area (Å²) in [6, 6.07) is 0. The summed E-state index contributed by atoms with van der Waals surface area (Å²) in [6.07, 6.45) is 13.9. The van der Waals surface area contributed by atoms with Gasteiger partial charge in [-0.2, -0.15) is 0 Å². The van der Waals surface area contributed by atoms with Crippen molar-refractivity contribution in [1.82, 2.24) is 0 Å². The van der Waals surface area contributed by atoms with Gasteiger partial charge in [-0.15, -0.1) is 0 Å².